The number of benzene rings is 1. The number of hydrogen-bond acceptors (Lipinski definition) is 6. The van der Waals surface area contributed by atoms with Crippen LogP contribution >= 0.6 is 0 Å². The number of carbonyl (C=O) groups is 3. The molecule has 4 rings (SSSR count). The lowest BCUT2D eigenvalue weighted by atomic mass is 10.1. The van der Waals surface area contributed by atoms with Gasteiger partial charge in [0.25, 0.3) is 5.91 Å². The Kier molecular flexibility index (Phi) is 8.57. The molecule has 0 bridgehead atoms. The van der Waals surface area contributed by atoms with Crippen molar-refractivity contribution in [2.45, 2.75) is 77.0 Å². The average Bonchev–Trinajstić information content (AvgIpc) is 3.82. The zero-order chi connectivity index (χ0) is 26.5. The van der Waals surface area contributed by atoms with Gasteiger partial charge in [0.2, 0.25) is 11.8 Å². The summed E-state index contributed by atoms with van der Waals surface area (Å²) in [4.78, 5) is 42.4. The zero-order valence-electron chi connectivity index (χ0n) is 22.1. The molecule has 1 aromatic carbocycles. The summed E-state index contributed by atoms with van der Waals surface area (Å²) in [6, 6.07) is 6.12. The largest absolute Gasteiger partial charge is 0.490 e. The second-order valence-electron chi connectivity index (χ2n) is 10.8. The molecule has 200 valence electrons. The Morgan fingerprint density at radius 3 is 2.62 bits per heavy atom. The van der Waals surface area contributed by atoms with Crippen LogP contribution in [-0.2, 0) is 9.59 Å². The van der Waals surface area contributed by atoms with Crippen LogP contribution in [0.4, 0.5) is 0 Å². The Morgan fingerprint density at radius 1 is 1.22 bits per heavy atom. The van der Waals surface area contributed by atoms with Crippen molar-refractivity contribution in [3.63, 3.8) is 0 Å². The van der Waals surface area contributed by atoms with Crippen molar-refractivity contribution in [2.75, 3.05) is 26.7 Å². The molecule has 3 amide bonds. The summed E-state index contributed by atoms with van der Waals surface area (Å²) in [7, 11) is 1.58. The molecular weight excluding hydrogens is 472 g/mol. The Morgan fingerprint density at radius 2 is 1.97 bits per heavy atom. The maximum atomic E-state index is 13.4. The maximum absolute atomic E-state index is 13.4. The van der Waals surface area contributed by atoms with Crippen LogP contribution in [0.1, 0.15) is 69.2 Å². The highest BCUT2D eigenvalue weighted by atomic mass is 16.5. The van der Waals surface area contributed by atoms with Crippen molar-refractivity contribution in [1.82, 2.24) is 15.1 Å². The molecule has 2 saturated carbocycles. The van der Waals surface area contributed by atoms with Crippen LogP contribution in [0.2, 0.25) is 0 Å². The van der Waals surface area contributed by atoms with Crippen LogP contribution in [0.3, 0.4) is 0 Å². The lowest BCUT2D eigenvalue weighted by Crippen LogP contribution is -2.50. The van der Waals surface area contributed by atoms with Gasteiger partial charge in [-0.1, -0.05) is 26.7 Å². The summed E-state index contributed by atoms with van der Waals surface area (Å²) < 4.78 is 11.8. The number of ether oxygens (including phenoxy) is 2. The van der Waals surface area contributed by atoms with E-state index < -0.39 is 12.1 Å². The first-order valence-corrected chi connectivity index (χ1v) is 13.5. The minimum Gasteiger partial charge on any atom is -0.490 e. The number of rotatable bonds is 12. The Balaban J connectivity index is 1.42. The van der Waals surface area contributed by atoms with Crippen molar-refractivity contribution in [3.8, 4) is 17.6 Å². The quantitative estimate of drug-likeness (QED) is 0.462. The molecule has 3 atom stereocenters. The standard InChI is InChI=1S/C28H38N4O5/c1-4-11-36-25-14-20(7-10-24(25)37-22-8-9-22)27(34)30-23(13-19-5-6-19)28(35)31(3)17-26(33)32-16-18(2)12-21(32)15-29/h7,10,14,18-19,21-23H,4-6,8-9,11-13,16-17H2,1-3H3,(H,30,34). The highest BCUT2D eigenvalue weighted by Crippen LogP contribution is 2.35. The third-order valence-corrected chi connectivity index (χ3v) is 7.08. The summed E-state index contributed by atoms with van der Waals surface area (Å²) in [5.41, 5.74) is 0.393. The fourth-order valence-electron chi connectivity index (χ4n) is 4.67. The number of nitrogens with one attached hydrogen (secondary N) is 1. The molecule has 3 unspecified atom stereocenters. The van der Waals surface area contributed by atoms with E-state index in [2.05, 4.69) is 11.4 Å². The number of amides is 3. The predicted octanol–water partition coefficient (Wildman–Crippen LogP) is 3.13. The van der Waals surface area contributed by atoms with Gasteiger partial charge >= 0.3 is 0 Å². The van der Waals surface area contributed by atoms with Gasteiger partial charge in [-0.15, -0.1) is 0 Å². The molecule has 0 radical (unpaired) electrons. The van der Waals surface area contributed by atoms with Crippen molar-refractivity contribution in [3.05, 3.63) is 23.8 Å². The minimum absolute atomic E-state index is 0.122. The van der Waals surface area contributed by atoms with E-state index >= 15 is 0 Å². The van der Waals surface area contributed by atoms with Crippen LogP contribution in [0.25, 0.3) is 0 Å². The molecule has 1 heterocycles. The second kappa shape index (κ2) is 11.8. The molecule has 1 aliphatic heterocycles. The van der Waals surface area contributed by atoms with E-state index in [-0.39, 0.29) is 36.3 Å². The van der Waals surface area contributed by atoms with Gasteiger partial charge < -0.3 is 24.6 Å². The maximum Gasteiger partial charge on any atom is 0.252 e. The first kappa shape index (κ1) is 26.8. The summed E-state index contributed by atoms with van der Waals surface area (Å²) in [5.74, 6) is 0.889. The fraction of sp³-hybridized carbons (Fsp3) is 0.643. The monoisotopic (exact) mass is 510 g/mol. The fourth-order valence-corrected chi connectivity index (χ4v) is 4.67. The van der Waals surface area contributed by atoms with E-state index in [1.165, 1.54) is 4.90 Å². The van der Waals surface area contributed by atoms with E-state index in [4.69, 9.17) is 9.47 Å². The number of carbonyl (C=O) groups excluding carboxylic acids is 3. The Bertz CT molecular complexity index is 1050. The number of hydrogen-bond donors (Lipinski definition) is 1. The molecule has 3 aliphatic rings. The van der Waals surface area contributed by atoms with Gasteiger partial charge in [-0.05, 0) is 62.1 Å². The summed E-state index contributed by atoms with van der Waals surface area (Å²) in [6.45, 7) is 4.93. The Hall–Kier alpha value is -3.28. The SMILES string of the molecule is CCCOc1cc(C(=O)NC(CC2CC2)C(=O)N(C)CC(=O)N2CC(C)CC2C#N)ccc1OC1CC1. The smallest absolute Gasteiger partial charge is 0.252 e. The van der Waals surface area contributed by atoms with Gasteiger partial charge in [-0.2, -0.15) is 5.26 Å². The lowest BCUT2D eigenvalue weighted by Gasteiger charge is -2.27. The third kappa shape index (κ3) is 7.15. The molecule has 0 spiro atoms. The van der Waals surface area contributed by atoms with E-state index in [0.717, 1.165) is 32.1 Å². The molecule has 1 saturated heterocycles. The lowest BCUT2D eigenvalue weighted by molar-refractivity contribution is -0.140. The molecule has 9 nitrogen and oxygen atoms in total. The molecule has 1 N–H and O–H groups in total. The van der Waals surface area contributed by atoms with Crippen molar-refractivity contribution >= 4 is 17.7 Å². The average molecular weight is 511 g/mol. The first-order valence-electron chi connectivity index (χ1n) is 13.5. The highest BCUT2D eigenvalue weighted by Gasteiger charge is 2.36. The summed E-state index contributed by atoms with van der Waals surface area (Å²) >= 11 is 0. The van der Waals surface area contributed by atoms with Gasteiger partial charge in [0.1, 0.15) is 12.1 Å². The summed E-state index contributed by atoms with van der Waals surface area (Å²) in [5, 5.41) is 12.3. The number of likely N-dealkylation sites (tertiary alicyclic amines) is 1. The van der Waals surface area contributed by atoms with Crippen LogP contribution in [0.5, 0.6) is 11.5 Å². The van der Waals surface area contributed by atoms with E-state index in [1.54, 1.807) is 30.1 Å². The first-order chi connectivity index (χ1) is 17.8. The normalized spacial score (nSPS) is 21.6. The van der Waals surface area contributed by atoms with E-state index in [9.17, 15) is 19.6 Å². The minimum atomic E-state index is -0.732. The third-order valence-electron chi connectivity index (χ3n) is 7.08. The van der Waals surface area contributed by atoms with Crippen LogP contribution in [0, 0.1) is 23.2 Å². The van der Waals surface area contributed by atoms with Crippen LogP contribution in [0.15, 0.2) is 18.2 Å². The van der Waals surface area contributed by atoms with Gasteiger partial charge in [0, 0.05) is 19.2 Å². The second-order valence-corrected chi connectivity index (χ2v) is 10.8. The number of nitriles is 1. The van der Waals surface area contributed by atoms with Gasteiger partial charge in [0.05, 0.1) is 25.3 Å². The van der Waals surface area contributed by atoms with Gasteiger partial charge in [-0.25, -0.2) is 0 Å². The van der Waals surface area contributed by atoms with Gasteiger partial charge in [-0.3, -0.25) is 14.4 Å². The predicted molar refractivity (Wildman–Crippen MR) is 137 cm³/mol. The molecule has 2 aliphatic carbocycles. The zero-order valence-corrected chi connectivity index (χ0v) is 22.1. The highest BCUT2D eigenvalue weighted by molar-refractivity contribution is 5.98. The van der Waals surface area contributed by atoms with Crippen molar-refractivity contribution < 1.29 is 23.9 Å². The van der Waals surface area contributed by atoms with Crippen molar-refractivity contribution in [2.24, 2.45) is 11.8 Å². The molecule has 37 heavy (non-hydrogen) atoms. The molecule has 3 fully saturated rings. The van der Waals surface area contributed by atoms with Crippen LogP contribution in [-0.4, -0.2) is 72.5 Å². The number of nitrogens with zero attached hydrogens (tertiary/aromatic N) is 3. The van der Waals surface area contributed by atoms with E-state index in [0.29, 0.717) is 49.0 Å². The topological polar surface area (TPSA) is 112 Å². The van der Waals surface area contributed by atoms with E-state index in [1.807, 2.05) is 13.8 Å². The van der Waals surface area contributed by atoms with Crippen LogP contribution < -0.4 is 14.8 Å². The Labute approximate surface area is 219 Å². The van der Waals surface area contributed by atoms with Crippen molar-refractivity contribution in [1.29, 1.82) is 5.26 Å². The molecular formula is C28H38N4O5. The molecule has 1 aromatic rings. The molecule has 9 heteroatoms. The van der Waals surface area contributed by atoms with Gasteiger partial charge in [0.15, 0.2) is 11.5 Å². The number of likely N-dealkylation sites (N-methyl/N-ethyl adjacent to an activating group) is 1. The molecule has 0 aromatic heterocycles. The summed E-state index contributed by atoms with van der Waals surface area (Å²) in [6.07, 6.45) is 6.30.